The van der Waals surface area contributed by atoms with Crippen molar-refractivity contribution in [3.05, 3.63) is 35.4 Å². The lowest BCUT2D eigenvalue weighted by Gasteiger charge is -2.23. The van der Waals surface area contributed by atoms with E-state index >= 15 is 0 Å². The lowest BCUT2D eigenvalue weighted by Crippen LogP contribution is -2.37. The van der Waals surface area contributed by atoms with Crippen molar-refractivity contribution in [2.75, 3.05) is 0 Å². The highest BCUT2D eigenvalue weighted by Crippen LogP contribution is 2.36. The number of hydrogen-bond acceptors (Lipinski definition) is 2. The summed E-state index contributed by atoms with van der Waals surface area (Å²) in [4.78, 5) is 12.5. The minimum absolute atomic E-state index is 0.0543. The zero-order valence-corrected chi connectivity index (χ0v) is 12.0. The van der Waals surface area contributed by atoms with Crippen molar-refractivity contribution in [1.82, 2.24) is 5.32 Å². The highest BCUT2D eigenvalue weighted by molar-refractivity contribution is 5.95. The molecule has 0 aromatic heterocycles. The van der Waals surface area contributed by atoms with Crippen LogP contribution in [-0.2, 0) is 6.42 Å². The summed E-state index contributed by atoms with van der Waals surface area (Å²) in [6.07, 6.45) is 8.98. The average molecular weight is 272 g/mol. The Bertz CT molecular complexity index is 488. The molecule has 0 unspecified atom stereocenters. The van der Waals surface area contributed by atoms with Crippen molar-refractivity contribution in [3.63, 3.8) is 0 Å². The van der Waals surface area contributed by atoms with E-state index < -0.39 is 0 Å². The summed E-state index contributed by atoms with van der Waals surface area (Å²) in [5.74, 6) is 0.0803. The molecule has 0 aliphatic heterocycles. The van der Waals surface area contributed by atoms with Crippen molar-refractivity contribution < 1.29 is 4.79 Å². The second-order valence-corrected chi connectivity index (χ2v) is 6.50. The summed E-state index contributed by atoms with van der Waals surface area (Å²) >= 11 is 0. The van der Waals surface area contributed by atoms with Gasteiger partial charge in [-0.25, -0.2) is 0 Å². The molecule has 2 fully saturated rings. The highest BCUT2D eigenvalue weighted by Gasteiger charge is 2.38. The lowest BCUT2D eigenvalue weighted by atomic mass is 9.94. The predicted octanol–water partition coefficient (Wildman–Crippen LogP) is 2.78. The number of nitrogens with one attached hydrogen (secondary N) is 1. The Morgan fingerprint density at radius 2 is 1.90 bits per heavy atom. The van der Waals surface area contributed by atoms with Gasteiger partial charge in [0.2, 0.25) is 0 Å². The van der Waals surface area contributed by atoms with Crippen molar-refractivity contribution in [2.24, 2.45) is 5.73 Å². The SMILES string of the molecule is NC1(Cc2ccccc2C(=O)NC2CCCCC2)CC1. The van der Waals surface area contributed by atoms with Gasteiger partial charge in [-0.3, -0.25) is 4.79 Å². The Balaban J connectivity index is 1.70. The van der Waals surface area contributed by atoms with Gasteiger partial charge in [0, 0.05) is 17.1 Å². The first-order valence-electron chi connectivity index (χ1n) is 7.84. The number of carbonyl (C=O) groups excluding carboxylic acids is 1. The predicted molar refractivity (Wildman–Crippen MR) is 80.6 cm³/mol. The highest BCUT2D eigenvalue weighted by atomic mass is 16.1. The number of amides is 1. The first-order chi connectivity index (χ1) is 9.66. The van der Waals surface area contributed by atoms with E-state index in [-0.39, 0.29) is 11.4 Å². The second kappa shape index (κ2) is 5.57. The van der Waals surface area contributed by atoms with Crippen LogP contribution >= 0.6 is 0 Å². The topological polar surface area (TPSA) is 55.1 Å². The van der Waals surface area contributed by atoms with E-state index in [9.17, 15) is 4.79 Å². The molecular weight excluding hydrogens is 248 g/mol. The number of rotatable bonds is 4. The molecule has 1 aromatic carbocycles. The number of nitrogens with two attached hydrogens (primary N) is 1. The van der Waals surface area contributed by atoms with E-state index in [1.165, 1.54) is 19.3 Å². The Labute approximate surface area is 120 Å². The Hall–Kier alpha value is -1.35. The normalized spacial score (nSPS) is 21.4. The standard InChI is InChI=1S/C17H24N2O/c18-17(10-11-17)12-13-6-4-5-9-15(13)16(20)19-14-7-2-1-3-8-14/h4-6,9,14H,1-3,7-8,10-12,18H2,(H,19,20). The molecule has 0 atom stereocenters. The molecule has 2 saturated carbocycles. The summed E-state index contributed by atoms with van der Waals surface area (Å²) in [6.45, 7) is 0. The number of benzene rings is 1. The molecule has 0 heterocycles. The van der Waals surface area contributed by atoms with Crippen LogP contribution in [0.25, 0.3) is 0 Å². The fraction of sp³-hybridized carbons (Fsp3) is 0.588. The molecule has 1 aromatic rings. The largest absolute Gasteiger partial charge is 0.349 e. The molecule has 1 amide bonds. The minimum atomic E-state index is -0.0543. The molecule has 20 heavy (non-hydrogen) atoms. The summed E-state index contributed by atoms with van der Waals surface area (Å²) in [5, 5.41) is 3.20. The maximum atomic E-state index is 12.5. The Kier molecular flexibility index (Phi) is 3.79. The fourth-order valence-electron chi connectivity index (χ4n) is 3.12. The molecule has 0 spiro atoms. The Morgan fingerprint density at radius 3 is 2.60 bits per heavy atom. The molecule has 3 heteroatoms. The van der Waals surface area contributed by atoms with E-state index in [2.05, 4.69) is 5.32 Å². The smallest absolute Gasteiger partial charge is 0.251 e. The third-order valence-electron chi connectivity index (χ3n) is 4.64. The van der Waals surface area contributed by atoms with E-state index in [0.717, 1.165) is 43.2 Å². The maximum Gasteiger partial charge on any atom is 0.251 e. The maximum absolute atomic E-state index is 12.5. The quantitative estimate of drug-likeness (QED) is 0.885. The van der Waals surface area contributed by atoms with Gasteiger partial charge in [-0.05, 0) is 43.7 Å². The van der Waals surface area contributed by atoms with Crippen LogP contribution in [-0.4, -0.2) is 17.5 Å². The van der Waals surface area contributed by atoms with Crippen LogP contribution in [0.3, 0.4) is 0 Å². The molecule has 2 aliphatic carbocycles. The van der Waals surface area contributed by atoms with Crippen LogP contribution in [0.1, 0.15) is 60.9 Å². The van der Waals surface area contributed by atoms with Crippen LogP contribution in [0.15, 0.2) is 24.3 Å². The van der Waals surface area contributed by atoms with Crippen molar-refractivity contribution >= 4 is 5.91 Å². The van der Waals surface area contributed by atoms with Gasteiger partial charge >= 0.3 is 0 Å². The summed E-state index contributed by atoms with van der Waals surface area (Å²) in [7, 11) is 0. The fourth-order valence-corrected chi connectivity index (χ4v) is 3.12. The average Bonchev–Trinajstić information content (AvgIpc) is 3.18. The van der Waals surface area contributed by atoms with E-state index in [1.54, 1.807) is 0 Å². The van der Waals surface area contributed by atoms with Gasteiger partial charge in [0.15, 0.2) is 0 Å². The molecule has 3 rings (SSSR count). The lowest BCUT2D eigenvalue weighted by molar-refractivity contribution is 0.0926. The summed E-state index contributed by atoms with van der Waals surface area (Å²) in [6, 6.07) is 8.27. The molecule has 0 bridgehead atoms. The second-order valence-electron chi connectivity index (χ2n) is 6.50. The van der Waals surface area contributed by atoms with Crippen molar-refractivity contribution in [2.45, 2.75) is 62.9 Å². The van der Waals surface area contributed by atoms with E-state index in [1.807, 2.05) is 24.3 Å². The molecule has 3 nitrogen and oxygen atoms in total. The molecular formula is C17H24N2O. The molecule has 108 valence electrons. The minimum Gasteiger partial charge on any atom is -0.349 e. The zero-order chi connectivity index (χ0) is 14.0. The van der Waals surface area contributed by atoms with Crippen molar-refractivity contribution in [1.29, 1.82) is 0 Å². The Morgan fingerprint density at radius 1 is 1.20 bits per heavy atom. The number of carbonyl (C=O) groups is 1. The first-order valence-corrected chi connectivity index (χ1v) is 7.84. The van der Waals surface area contributed by atoms with Gasteiger partial charge in [0.05, 0.1) is 0 Å². The van der Waals surface area contributed by atoms with Crippen LogP contribution in [0.4, 0.5) is 0 Å². The molecule has 2 aliphatic rings. The third kappa shape index (κ3) is 3.21. The summed E-state index contributed by atoms with van der Waals surface area (Å²) < 4.78 is 0. The van der Waals surface area contributed by atoms with Crippen LogP contribution in [0, 0.1) is 0 Å². The van der Waals surface area contributed by atoms with Gasteiger partial charge in [-0.15, -0.1) is 0 Å². The third-order valence-corrected chi connectivity index (χ3v) is 4.64. The van der Waals surface area contributed by atoms with Gasteiger partial charge in [-0.2, -0.15) is 0 Å². The van der Waals surface area contributed by atoms with Gasteiger partial charge in [0.1, 0.15) is 0 Å². The zero-order valence-electron chi connectivity index (χ0n) is 12.0. The molecule has 0 saturated heterocycles. The van der Waals surface area contributed by atoms with Gasteiger partial charge < -0.3 is 11.1 Å². The molecule has 0 radical (unpaired) electrons. The monoisotopic (exact) mass is 272 g/mol. The van der Waals surface area contributed by atoms with Gasteiger partial charge in [-0.1, -0.05) is 37.5 Å². The molecule has 3 N–H and O–H groups in total. The van der Waals surface area contributed by atoms with Gasteiger partial charge in [0.25, 0.3) is 5.91 Å². The van der Waals surface area contributed by atoms with Crippen LogP contribution < -0.4 is 11.1 Å². The van der Waals surface area contributed by atoms with Crippen LogP contribution in [0.5, 0.6) is 0 Å². The number of hydrogen-bond donors (Lipinski definition) is 2. The van der Waals surface area contributed by atoms with Crippen molar-refractivity contribution in [3.8, 4) is 0 Å². The van der Waals surface area contributed by atoms with E-state index in [4.69, 9.17) is 5.73 Å². The summed E-state index contributed by atoms with van der Waals surface area (Å²) in [5.41, 5.74) is 8.06. The van der Waals surface area contributed by atoms with E-state index in [0.29, 0.717) is 6.04 Å². The van der Waals surface area contributed by atoms with Crippen LogP contribution in [0.2, 0.25) is 0 Å². The first kappa shape index (κ1) is 13.6.